The number of benzene rings is 1. The molecule has 19 heavy (non-hydrogen) atoms. The van der Waals surface area contributed by atoms with Crippen LogP contribution >= 0.6 is 15.9 Å². The molecule has 0 atom stereocenters. The van der Waals surface area contributed by atoms with Crippen LogP contribution in [-0.4, -0.2) is 10.9 Å². The summed E-state index contributed by atoms with van der Waals surface area (Å²) in [6.45, 7) is 4.36. The summed E-state index contributed by atoms with van der Waals surface area (Å²) in [5, 5.41) is 2.87. The summed E-state index contributed by atoms with van der Waals surface area (Å²) in [7, 11) is 0. The van der Waals surface area contributed by atoms with E-state index in [9.17, 15) is 4.79 Å². The zero-order valence-electron chi connectivity index (χ0n) is 10.9. The van der Waals surface area contributed by atoms with E-state index in [4.69, 9.17) is 0 Å². The molecule has 1 heterocycles. The molecule has 0 spiro atoms. The number of hydrogen-bond donors (Lipinski definition) is 1. The number of nitrogens with zero attached hydrogens (tertiary/aromatic N) is 1. The molecular weight excluding hydrogens is 304 g/mol. The van der Waals surface area contributed by atoms with Gasteiger partial charge in [-0.05, 0) is 43.7 Å². The zero-order chi connectivity index (χ0) is 13.8. The topological polar surface area (TPSA) is 42.0 Å². The first-order chi connectivity index (χ1) is 9.06. The minimum atomic E-state index is -0.0935. The maximum Gasteiger partial charge on any atom is 0.251 e. The Morgan fingerprint density at radius 2 is 2.05 bits per heavy atom. The van der Waals surface area contributed by atoms with E-state index in [0.29, 0.717) is 12.1 Å². The van der Waals surface area contributed by atoms with E-state index in [1.54, 1.807) is 0 Å². The van der Waals surface area contributed by atoms with Crippen LogP contribution in [0.3, 0.4) is 0 Å². The summed E-state index contributed by atoms with van der Waals surface area (Å²) in [5.41, 5.74) is 3.56. The van der Waals surface area contributed by atoms with Gasteiger partial charge in [0, 0.05) is 15.7 Å². The van der Waals surface area contributed by atoms with Crippen LogP contribution in [0.4, 0.5) is 0 Å². The van der Waals surface area contributed by atoms with Crippen molar-refractivity contribution < 1.29 is 4.79 Å². The Morgan fingerprint density at radius 3 is 2.74 bits per heavy atom. The largest absolute Gasteiger partial charge is 0.346 e. The van der Waals surface area contributed by atoms with Crippen LogP contribution in [0.5, 0.6) is 0 Å². The first kappa shape index (κ1) is 13.7. The zero-order valence-corrected chi connectivity index (χ0v) is 12.5. The van der Waals surface area contributed by atoms with Crippen molar-refractivity contribution in [1.82, 2.24) is 10.3 Å². The Kier molecular flexibility index (Phi) is 4.32. The second kappa shape index (κ2) is 5.97. The molecule has 1 amide bonds. The molecule has 0 fully saturated rings. The van der Waals surface area contributed by atoms with Crippen LogP contribution in [0.15, 0.2) is 40.9 Å². The molecule has 0 unspecified atom stereocenters. The second-order valence-electron chi connectivity index (χ2n) is 4.42. The fourth-order valence-electron chi connectivity index (χ4n) is 1.70. The molecule has 1 N–H and O–H groups in total. The normalized spacial score (nSPS) is 10.3. The van der Waals surface area contributed by atoms with Crippen LogP contribution in [0, 0.1) is 13.8 Å². The average Bonchev–Trinajstić information content (AvgIpc) is 2.39. The molecule has 3 nitrogen and oxygen atoms in total. The number of aryl methyl sites for hydroxylation is 2. The molecule has 1 aromatic heterocycles. The van der Waals surface area contributed by atoms with E-state index in [1.165, 1.54) is 0 Å². The van der Waals surface area contributed by atoms with Crippen molar-refractivity contribution in [2.45, 2.75) is 20.4 Å². The molecule has 0 radical (unpaired) electrons. The molecular formula is C15H15BrN2O. The van der Waals surface area contributed by atoms with Gasteiger partial charge in [-0.1, -0.05) is 28.1 Å². The van der Waals surface area contributed by atoms with Crippen LogP contribution in [0.1, 0.15) is 27.3 Å². The van der Waals surface area contributed by atoms with Gasteiger partial charge in [0.05, 0.1) is 12.2 Å². The van der Waals surface area contributed by atoms with Gasteiger partial charge < -0.3 is 5.32 Å². The van der Waals surface area contributed by atoms with E-state index in [-0.39, 0.29) is 5.91 Å². The summed E-state index contributed by atoms with van der Waals surface area (Å²) < 4.78 is 0.939. The fourth-order valence-corrected chi connectivity index (χ4v) is 2.08. The number of amides is 1. The number of hydrogen-bond acceptors (Lipinski definition) is 2. The quantitative estimate of drug-likeness (QED) is 0.942. The Morgan fingerprint density at radius 1 is 1.26 bits per heavy atom. The number of nitrogens with one attached hydrogen (secondary N) is 1. The fraction of sp³-hybridized carbons (Fsp3) is 0.200. The van der Waals surface area contributed by atoms with E-state index in [0.717, 1.165) is 21.4 Å². The second-order valence-corrected chi connectivity index (χ2v) is 5.27. The van der Waals surface area contributed by atoms with Crippen molar-refractivity contribution in [1.29, 1.82) is 0 Å². The van der Waals surface area contributed by atoms with Gasteiger partial charge in [-0.3, -0.25) is 9.78 Å². The number of carbonyl (C=O) groups is 1. The monoisotopic (exact) mass is 318 g/mol. The smallest absolute Gasteiger partial charge is 0.251 e. The molecule has 98 valence electrons. The summed E-state index contributed by atoms with van der Waals surface area (Å²) >= 11 is 3.43. The van der Waals surface area contributed by atoms with Gasteiger partial charge in [0.1, 0.15) is 0 Å². The first-order valence-corrected chi connectivity index (χ1v) is 6.82. The highest BCUT2D eigenvalue weighted by atomic mass is 79.9. The number of rotatable bonds is 3. The van der Waals surface area contributed by atoms with Gasteiger partial charge in [0.25, 0.3) is 5.91 Å². The summed E-state index contributed by atoms with van der Waals surface area (Å²) in [6, 6.07) is 11.3. The van der Waals surface area contributed by atoms with Gasteiger partial charge in [0.2, 0.25) is 0 Å². The Bertz CT molecular complexity index is 611. The van der Waals surface area contributed by atoms with Crippen LogP contribution < -0.4 is 5.32 Å². The molecule has 0 aliphatic carbocycles. The maximum atomic E-state index is 12.0. The maximum absolute atomic E-state index is 12.0. The highest BCUT2D eigenvalue weighted by molar-refractivity contribution is 9.10. The molecule has 2 aromatic rings. The van der Waals surface area contributed by atoms with E-state index < -0.39 is 0 Å². The van der Waals surface area contributed by atoms with Crippen molar-refractivity contribution >= 4 is 21.8 Å². The number of halogens is 1. The molecule has 1 aromatic carbocycles. The molecule has 0 saturated carbocycles. The lowest BCUT2D eigenvalue weighted by Gasteiger charge is -2.07. The van der Waals surface area contributed by atoms with Crippen molar-refractivity contribution in [3.63, 3.8) is 0 Å². The van der Waals surface area contributed by atoms with Gasteiger partial charge in [-0.25, -0.2) is 0 Å². The minimum absolute atomic E-state index is 0.0935. The first-order valence-electron chi connectivity index (χ1n) is 6.03. The lowest BCUT2D eigenvalue weighted by Crippen LogP contribution is -2.23. The average molecular weight is 319 g/mol. The number of pyridine rings is 1. The van der Waals surface area contributed by atoms with Gasteiger partial charge in [-0.15, -0.1) is 0 Å². The standard InChI is InChI=1S/C15H15BrN2O/c1-10-6-7-12(8-14(10)16)15(19)17-9-13-5-3-4-11(2)18-13/h3-8H,9H2,1-2H3,(H,17,19). The third-order valence-electron chi connectivity index (χ3n) is 2.81. The lowest BCUT2D eigenvalue weighted by molar-refractivity contribution is 0.0950. The highest BCUT2D eigenvalue weighted by Gasteiger charge is 2.07. The predicted octanol–water partition coefficient (Wildman–Crippen LogP) is 3.39. The Labute approximate surface area is 121 Å². The lowest BCUT2D eigenvalue weighted by atomic mass is 10.1. The highest BCUT2D eigenvalue weighted by Crippen LogP contribution is 2.17. The van der Waals surface area contributed by atoms with Gasteiger partial charge >= 0.3 is 0 Å². The van der Waals surface area contributed by atoms with E-state index in [1.807, 2.05) is 50.2 Å². The summed E-state index contributed by atoms with van der Waals surface area (Å²) in [4.78, 5) is 16.4. The molecule has 0 aliphatic heterocycles. The Balaban J connectivity index is 2.03. The molecule has 0 bridgehead atoms. The van der Waals surface area contributed by atoms with E-state index in [2.05, 4.69) is 26.2 Å². The molecule has 0 saturated heterocycles. The molecule has 0 aliphatic rings. The van der Waals surface area contributed by atoms with Gasteiger partial charge in [-0.2, -0.15) is 0 Å². The van der Waals surface area contributed by atoms with Crippen molar-refractivity contribution in [2.75, 3.05) is 0 Å². The summed E-state index contributed by atoms with van der Waals surface area (Å²) in [5.74, 6) is -0.0935. The van der Waals surface area contributed by atoms with E-state index >= 15 is 0 Å². The van der Waals surface area contributed by atoms with Gasteiger partial charge in [0.15, 0.2) is 0 Å². The minimum Gasteiger partial charge on any atom is -0.346 e. The van der Waals surface area contributed by atoms with Crippen molar-refractivity contribution in [2.24, 2.45) is 0 Å². The van der Waals surface area contributed by atoms with Crippen LogP contribution in [0.2, 0.25) is 0 Å². The van der Waals surface area contributed by atoms with Crippen molar-refractivity contribution in [3.05, 3.63) is 63.4 Å². The Hall–Kier alpha value is -1.68. The number of carbonyl (C=O) groups excluding carboxylic acids is 1. The summed E-state index contributed by atoms with van der Waals surface area (Å²) in [6.07, 6.45) is 0. The molecule has 4 heteroatoms. The third-order valence-corrected chi connectivity index (χ3v) is 3.66. The van der Waals surface area contributed by atoms with Crippen molar-refractivity contribution in [3.8, 4) is 0 Å². The number of aromatic nitrogens is 1. The predicted molar refractivity (Wildman–Crippen MR) is 79.0 cm³/mol. The van der Waals surface area contributed by atoms with Crippen LogP contribution in [-0.2, 0) is 6.54 Å². The molecule has 2 rings (SSSR count). The van der Waals surface area contributed by atoms with Crippen LogP contribution in [0.25, 0.3) is 0 Å². The SMILES string of the molecule is Cc1cccc(CNC(=O)c2ccc(C)c(Br)c2)n1. The third kappa shape index (κ3) is 3.64.